The number of pyridine rings is 1. The van der Waals surface area contributed by atoms with Crippen molar-refractivity contribution < 1.29 is 48.1 Å². The largest absolute Gasteiger partial charge is 0.473 e. The van der Waals surface area contributed by atoms with Crippen LogP contribution < -0.4 is 27.0 Å². The molecule has 88 heavy (non-hydrogen) atoms. The number of aryl methyl sites for hydroxylation is 1. The maximum absolute atomic E-state index is 14.4. The first kappa shape index (κ1) is 61.5. The molecule has 7 aromatic heterocycles. The Morgan fingerprint density at radius 1 is 0.784 bits per heavy atom. The zero-order valence-electron chi connectivity index (χ0n) is 48.0. The maximum Gasteiger partial charge on any atom is 0.271 e. The van der Waals surface area contributed by atoms with Crippen molar-refractivity contribution in [2.24, 2.45) is 22.6 Å². The van der Waals surface area contributed by atoms with Gasteiger partial charge in [-0.3, -0.25) is 33.6 Å². The molecule has 456 valence electrons. The average Bonchev–Trinajstić information content (AvgIpc) is 1.94. The van der Waals surface area contributed by atoms with Crippen molar-refractivity contribution in [1.82, 2.24) is 66.0 Å². The maximum atomic E-state index is 14.4. The van der Waals surface area contributed by atoms with E-state index in [0.717, 1.165) is 11.3 Å². The second kappa shape index (κ2) is 26.3. The van der Waals surface area contributed by atoms with Crippen LogP contribution in [0.15, 0.2) is 69.0 Å². The van der Waals surface area contributed by atoms with Crippen molar-refractivity contribution in [1.29, 1.82) is 0 Å². The monoisotopic (exact) mass is 1300 g/mol. The highest BCUT2D eigenvalue weighted by molar-refractivity contribution is 7.15. The molecule has 25 nitrogen and oxygen atoms in total. The van der Waals surface area contributed by atoms with Crippen molar-refractivity contribution in [3.63, 3.8) is 0 Å². The van der Waals surface area contributed by atoms with Crippen LogP contribution in [-0.2, 0) is 35.3 Å². The van der Waals surface area contributed by atoms with Crippen molar-refractivity contribution in [3.05, 3.63) is 117 Å². The molecule has 1 fully saturated rings. The Labute approximate surface area is 527 Å². The number of fused-ring (bicyclic) bond motifs is 14. The van der Waals surface area contributed by atoms with Crippen LogP contribution in [0, 0.1) is 18.8 Å². The quantitative estimate of drug-likeness (QED) is 0.0847. The fourth-order valence-corrected chi connectivity index (χ4v) is 15.6. The molecule has 10 bridgehead atoms. The van der Waals surface area contributed by atoms with Gasteiger partial charge in [0, 0.05) is 66.3 Å². The van der Waals surface area contributed by atoms with Gasteiger partial charge in [-0.2, -0.15) is 0 Å². The summed E-state index contributed by atoms with van der Waals surface area (Å²) in [5.41, 5.74) is 8.76. The average molecular weight is 1300 g/mol. The minimum atomic E-state index is -1.27. The topological polar surface area (TPSA) is 341 Å². The van der Waals surface area contributed by atoms with Gasteiger partial charge in [-0.25, -0.2) is 39.9 Å². The van der Waals surface area contributed by atoms with Crippen molar-refractivity contribution >= 4 is 115 Å². The van der Waals surface area contributed by atoms with Crippen LogP contribution in [0.5, 0.6) is 0 Å². The van der Waals surface area contributed by atoms with E-state index in [9.17, 15) is 38.7 Å². The third kappa shape index (κ3) is 12.9. The number of primary amides is 1. The number of carbonyl (C=O) groups is 7. The van der Waals surface area contributed by atoms with Gasteiger partial charge in [0.2, 0.25) is 23.6 Å². The van der Waals surface area contributed by atoms with E-state index >= 15 is 0 Å². The third-order valence-corrected chi connectivity index (χ3v) is 20.5. The number of amides is 7. The molecule has 6 atom stereocenters. The Balaban J connectivity index is 0.973. The minimum absolute atomic E-state index is 0.00500. The number of ether oxygens (including phenoxy) is 2. The lowest BCUT2D eigenvalue weighted by Gasteiger charge is -2.31. The normalized spacial score (nSPS) is 19.6. The summed E-state index contributed by atoms with van der Waals surface area (Å²) in [6, 6.07) is 8.82. The molecule has 0 saturated carbocycles. The molecule has 31 heteroatoms. The number of aliphatic hydroxyl groups excluding tert-OH is 1. The molecular formula is C57H57N15O10S6. The predicted octanol–water partition coefficient (Wildman–Crippen LogP) is 6.13. The highest BCUT2D eigenvalue weighted by Crippen LogP contribution is 2.41. The highest BCUT2D eigenvalue weighted by atomic mass is 32.1. The summed E-state index contributed by atoms with van der Waals surface area (Å²) in [4.78, 5) is 138. The van der Waals surface area contributed by atoms with Gasteiger partial charge in [0.05, 0.1) is 48.1 Å². The number of aromatic nitrogens is 7. The van der Waals surface area contributed by atoms with Crippen LogP contribution in [0.1, 0.15) is 118 Å². The molecule has 7 amide bonds. The summed E-state index contributed by atoms with van der Waals surface area (Å²) in [5, 5.41) is 32.8. The lowest BCUT2D eigenvalue weighted by atomic mass is 10.0. The number of hydrogen-bond donors (Lipinski definition) is 6. The number of likely N-dealkylation sites (tertiary alicyclic amines) is 1. The number of likely N-dealkylation sites (N-methyl/N-ethyl adjacent to an activating group) is 1. The summed E-state index contributed by atoms with van der Waals surface area (Å²) in [5.74, 6) is -4.01. The summed E-state index contributed by atoms with van der Waals surface area (Å²) in [7, 11) is 4.45. The van der Waals surface area contributed by atoms with Gasteiger partial charge in [-0.15, -0.1) is 68.0 Å². The van der Waals surface area contributed by atoms with E-state index in [0.29, 0.717) is 87.4 Å². The summed E-state index contributed by atoms with van der Waals surface area (Å²) < 4.78 is 11.4. The second-order valence-corrected chi connectivity index (χ2v) is 26.8. The molecular weight excluding hydrogens is 1250 g/mol. The van der Waals surface area contributed by atoms with Crippen molar-refractivity contribution in [3.8, 4) is 43.4 Å². The van der Waals surface area contributed by atoms with Crippen LogP contribution in [0.4, 0.5) is 0 Å². The number of hydrogen-bond acceptors (Lipinski definition) is 24. The Hall–Kier alpha value is -8.17. The highest BCUT2D eigenvalue weighted by Gasteiger charge is 2.38. The Morgan fingerprint density at radius 2 is 1.49 bits per heavy atom. The SMILES string of the molecule is CNC(=O)CC1NC(=O)c2nc(sc2COC)C(C(C)C)NC(=O)c2csc(n2)-c2ccc(-c3nc(C4=NC(C(=O)N5CCC(C(N)=O)C5)CO4)cs3)nc2-c2csc(n2)-c2csc(n2)C(C(O)c2ccccc2)N(C)C(=O)CNC(=O)c2nc1sc2C. The lowest BCUT2D eigenvalue weighted by Crippen LogP contribution is -2.41. The molecule has 6 unspecified atom stereocenters. The molecule has 0 aliphatic carbocycles. The summed E-state index contributed by atoms with van der Waals surface area (Å²) in [6.45, 7) is 5.60. The van der Waals surface area contributed by atoms with Gasteiger partial charge in [0.1, 0.15) is 88.7 Å². The van der Waals surface area contributed by atoms with E-state index in [1.54, 1.807) is 58.3 Å². The first-order valence-corrected chi connectivity index (χ1v) is 32.7. The van der Waals surface area contributed by atoms with Gasteiger partial charge in [-0.05, 0) is 37.0 Å². The first-order chi connectivity index (χ1) is 42.3. The second-order valence-electron chi connectivity index (χ2n) is 21.0. The number of nitrogens with one attached hydrogen (secondary N) is 4. The molecule has 0 spiro atoms. The number of thiazole rings is 6. The summed E-state index contributed by atoms with van der Waals surface area (Å²) in [6.07, 6.45) is -1.04. The van der Waals surface area contributed by atoms with Gasteiger partial charge in [0.15, 0.2) is 6.04 Å². The number of carbonyl (C=O) groups excluding carboxylic acids is 7. The van der Waals surface area contributed by atoms with Crippen LogP contribution in [0.2, 0.25) is 0 Å². The van der Waals surface area contributed by atoms with E-state index in [1.165, 1.54) is 82.8 Å². The molecule has 0 radical (unpaired) electrons. The molecule has 7 N–H and O–H groups in total. The fraction of sp³-hybridized carbons (Fsp3) is 0.351. The zero-order chi connectivity index (χ0) is 62.1. The Morgan fingerprint density at radius 3 is 2.23 bits per heavy atom. The Kier molecular flexibility index (Phi) is 18.4. The molecule has 1 aromatic carbocycles. The van der Waals surface area contributed by atoms with Crippen molar-refractivity contribution in [2.45, 2.75) is 70.5 Å². The van der Waals surface area contributed by atoms with Gasteiger partial charge < -0.3 is 51.4 Å². The fourth-order valence-electron chi connectivity index (χ4n) is 10.00. The predicted molar refractivity (Wildman–Crippen MR) is 332 cm³/mol. The van der Waals surface area contributed by atoms with E-state index in [4.69, 9.17) is 45.1 Å². The molecule has 11 rings (SSSR count). The standard InChI is InChI=1S/C57H57N15O10S6/c1-25(2)40-55-70-43(37(88-55)20-81-6)49(79)62-31(16-38(73)59-4)54-69-41(26(3)87-54)48(78)60-17-39(74)71(5)44(45(75)27-10-8-7-9-11-27)56-67-36(24-86-56)53-64-33(21-84-53)42-29(51-65-34(22-83-51)47(77)68-40)12-13-30(61-42)52-66-35(23-85-52)50-63-32(19-82-50)57(80)72-15-14-28(18-72)46(58)76/h7-13,21-25,28,31-32,40,44-45,75H,14-20H2,1-6H3,(H2,58,76)(H,59,73)(H,60,78)(H,62,79)(H,68,77). The van der Waals surface area contributed by atoms with E-state index in [-0.39, 0.29) is 66.0 Å². The number of nitrogens with zero attached hydrogens (tertiary/aromatic N) is 10. The minimum Gasteiger partial charge on any atom is -0.473 e. The van der Waals surface area contributed by atoms with E-state index < -0.39 is 78.2 Å². The van der Waals surface area contributed by atoms with Crippen LogP contribution in [0.3, 0.4) is 0 Å². The number of aliphatic hydroxyl groups is 1. The van der Waals surface area contributed by atoms with E-state index in [2.05, 4.69) is 31.2 Å². The number of aliphatic imine (C=N–C) groups is 1. The third-order valence-electron chi connectivity index (χ3n) is 14.8. The molecule has 3 aliphatic heterocycles. The van der Waals surface area contributed by atoms with Gasteiger partial charge >= 0.3 is 0 Å². The van der Waals surface area contributed by atoms with Crippen molar-refractivity contribution in [2.75, 3.05) is 47.4 Å². The van der Waals surface area contributed by atoms with E-state index in [1.807, 2.05) is 31.4 Å². The van der Waals surface area contributed by atoms with Crippen LogP contribution >= 0.6 is 68.0 Å². The van der Waals surface area contributed by atoms with Crippen LogP contribution in [0.25, 0.3) is 43.4 Å². The zero-order valence-corrected chi connectivity index (χ0v) is 52.9. The number of benzene rings is 1. The summed E-state index contributed by atoms with van der Waals surface area (Å²) >= 11 is 7.28. The Bertz CT molecular complexity index is 4020. The number of nitrogens with two attached hydrogens (primary N) is 1. The molecule has 10 heterocycles. The molecule has 3 aliphatic rings. The lowest BCUT2D eigenvalue weighted by molar-refractivity contribution is -0.134. The van der Waals surface area contributed by atoms with Gasteiger partial charge in [-0.1, -0.05) is 44.2 Å². The van der Waals surface area contributed by atoms with Crippen LogP contribution in [-0.4, -0.2) is 151 Å². The number of methoxy groups -OCH3 is 1. The molecule has 1 saturated heterocycles. The van der Waals surface area contributed by atoms with Gasteiger partial charge in [0.25, 0.3) is 23.6 Å². The first-order valence-electron chi connectivity index (χ1n) is 27.5. The number of rotatable bonds is 11. The smallest absolute Gasteiger partial charge is 0.271 e. The molecule has 8 aromatic rings.